The molecule has 164 valence electrons. The molecule has 0 unspecified atom stereocenters. The van der Waals surface area contributed by atoms with E-state index >= 15 is 0 Å². The van der Waals surface area contributed by atoms with Gasteiger partial charge in [0.1, 0.15) is 5.92 Å². The second kappa shape index (κ2) is 8.61. The van der Waals surface area contributed by atoms with Crippen LogP contribution in [-0.2, 0) is 20.5 Å². The maximum absolute atomic E-state index is 13.0. The molecule has 4 rings (SSSR count). The van der Waals surface area contributed by atoms with Crippen molar-refractivity contribution in [2.45, 2.75) is 25.4 Å². The predicted octanol–water partition coefficient (Wildman–Crippen LogP) is 6.18. The van der Waals surface area contributed by atoms with E-state index in [1.807, 2.05) is 42.5 Å². The Kier molecular flexibility index (Phi) is 5.87. The number of carbonyl (C=O) groups is 2. The number of ketones is 1. The van der Waals surface area contributed by atoms with Crippen LogP contribution in [0.5, 0.6) is 0 Å². The Morgan fingerprint density at radius 1 is 1.00 bits per heavy atom. The average Bonchev–Trinajstić information content (AvgIpc) is 2.78. The SMILES string of the molecule is CCOC(=O)[C@@H]1C(=O)C=C(c2ccc3ccccc3c2)C[C@H]1c1ccc(C(F)(F)F)cc1. The summed E-state index contributed by atoms with van der Waals surface area (Å²) in [5, 5.41) is 2.07. The number of fused-ring (bicyclic) bond motifs is 1. The van der Waals surface area contributed by atoms with Gasteiger partial charge in [0.2, 0.25) is 0 Å². The second-order valence-corrected chi connectivity index (χ2v) is 7.79. The van der Waals surface area contributed by atoms with Crippen molar-refractivity contribution in [3.8, 4) is 0 Å². The van der Waals surface area contributed by atoms with Crippen molar-refractivity contribution in [3.05, 3.63) is 89.5 Å². The number of alkyl halides is 3. The fraction of sp³-hybridized carbons (Fsp3) is 0.231. The summed E-state index contributed by atoms with van der Waals surface area (Å²) in [7, 11) is 0. The Bertz CT molecular complexity index is 1190. The first kappa shape index (κ1) is 21.8. The van der Waals surface area contributed by atoms with E-state index < -0.39 is 35.3 Å². The van der Waals surface area contributed by atoms with E-state index in [-0.39, 0.29) is 6.61 Å². The number of halogens is 3. The summed E-state index contributed by atoms with van der Waals surface area (Å²) in [5.41, 5.74) is 1.31. The molecule has 0 saturated heterocycles. The molecule has 3 aromatic rings. The number of ether oxygens (including phenoxy) is 1. The molecule has 3 nitrogen and oxygen atoms in total. The van der Waals surface area contributed by atoms with Gasteiger partial charge >= 0.3 is 12.1 Å². The standard InChI is InChI=1S/C26H21F3O3/c1-2-32-25(31)24-22(17-9-11-21(12-10-17)26(27,28)29)14-20(15-23(24)30)19-8-7-16-5-3-4-6-18(16)13-19/h3-13,15,22,24H,2,14H2,1H3/t22-,24-/m0/s1. The first-order valence-electron chi connectivity index (χ1n) is 10.4. The normalized spacial score (nSPS) is 19.0. The lowest BCUT2D eigenvalue weighted by Gasteiger charge is -2.29. The van der Waals surface area contributed by atoms with Crippen LogP contribution in [0.3, 0.4) is 0 Å². The molecule has 32 heavy (non-hydrogen) atoms. The van der Waals surface area contributed by atoms with Gasteiger partial charge in [0, 0.05) is 5.92 Å². The summed E-state index contributed by atoms with van der Waals surface area (Å²) in [4.78, 5) is 25.6. The van der Waals surface area contributed by atoms with E-state index in [2.05, 4.69) is 0 Å². The van der Waals surface area contributed by atoms with Crippen LogP contribution in [0.1, 0.15) is 36.0 Å². The zero-order valence-electron chi connectivity index (χ0n) is 17.4. The van der Waals surface area contributed by atoms with E-state index in [1.165, 1.54) is 18.2 Å². The predicted molar refractivity (Wildman–Crippen MR) is 116 cm³/mol. The zero-order valence-corrected chi connectivity index (χ0v) is 17.4. The van der Waals surface area contributed by atoms with E-state index in [1.54, 1.807) is 6.92 Å². The fourth-order valence-electron chi connectivity index (χ4n) is 4.21. The average molecular weight is 438 g/mol. The quantitative estimate of drug-likeness (QED) is 0.361. The summed E-state index contributed by atoms with van der Waals surface area (Å²) in [5.74, 6) is -2.76. The molecule has 0 N–H and O–H groups in total. The second-order valence-electron chi connectivity index (χ2n) is 7.79. The minimum absolute atomic E-state index is 0.115. The molecule has 0 radical (unpaired) electrons. The highest BCUT2D eigenvalue weighted by Crippen LogP contribution is 2.41. The van der Waals surface area contributed by atoms with Crippen molar-refractivity contribution in [3.63, 3.8) is 0 Å². The number of rotatable bonds is 4. The molecule has 0 fully saturated rings. The molecule has 6 heteroatoms. The summed E-state index contributed by atoms with van der Waals surface area (Å²) in [6, 6.07) is 18.3. The summed E-state index contributed by atoms with van der Waals surface area (Å²) >= 11 is 0. The van der Waals surface area contributed by atoms with Gasteiger partial charge in [0.15, 0.2) is 5.78 Å². The Labute approximate surface area is 183 Å². The molecule has 0 aromatic heterocycles. The largest absolute Gasteiger partial charge is 0.465 e. The van der Waals surface area contributed by atoms with Gasteiger partial charge in [-0.15, -0.1) is 0 Å². The fourth-order valence-corrected chi connectivity index (χ4v) is 4.21. The number of hydrogen-bond donors (Lipinski definition) is 0. The van der Waals surface area contributed by atoms with Gasteiger partial charge in [0.05, 0.1) is 12.2 Å². The van der Waals surface area contributed by atoms with Crippen LogP contribution < -0.4 is 0 Å². The third kappa shape index (κ3) is 4.31. The van der Waals surface area contributed by atoms with Crippen LogP contribution in [0.15, 0.2) is 72.8 Å². The molecular formula is C26H21F3O3. The first-order chi connectivity index (χ1) is 15.3. The van der Waals surface area contributed by atoms with Crippen LogP contribution >= 0.6 is 0 Å². The molecular weight excluding hydrogens is 417 g/mol. The smallest absolute Gasteiger partial charge is 0.416 e. The molecule has 0 bridgehead atoms. The van der Waals surface area contributed by atoms with Crippen LogP contribution in [0.4, 0.5) is 13.2 Å². The lowest BCUT2D eigenvalue weighted by molar-refractivity contribution is -0.151. The Morgan fingerprint density at radius 3 is 2.34 bits per heavy atom. The van der Waals surface area contributed by atoms with Crippen molar-refractivity contribution in [1.82, 2.24) is 0 Å². The van der Waals surface area contributed by atoms with E-state index in [0.29, 0.717) is 12.0 Å². The van der Waals surface area contributed by atoms with Crippen LogP contribution in [0.2, 0.25) is 0 Å². The molecule has 1 aliphatic rings. The highest BCUT2D eigenvalue weighted by atomic mass is 19.4. The lowest BCUT2D eigenvalue weighted by atomic mass is 9.73. The molecule has 0 saturated carbocycles. The van der Waals surface area contributed by atoms with Crippen LogP contribution in [0.25, 0.3) is 16.3 Å². The number of esters is 1. The third-order valence-corrected chi connectivity index (χ3v) is 5.79. The van der Waals surface area contributed by atoms with E-state index in [4.69, 9.17) is 4.74 Å². The van der Waals surface area contributed by atoms with Gasteiger partial charge in [-0.3, -0.25) is 9.59 Å². The Hall–Kier alpha value is -3.41. The van der Waals surface area contributed by atoms with Crippen molar-refractivity contribution in [2.75, 3.05) is 6.61 Å². The minimum atomic E-state index is -4.46. The lowest BCUT2D eigenvalue weighted by Crippen LogP contribution is -2.34. The number of allylic oxidation sites excluding steroid dienone is 2. The Morgan fingerprint density at radius 2 is 1.69 bits per heavy atom. The summed E-state index contributed by atoms with van der Waals surface area (Å²) in [6.07, 6.45) is -2.66. The third-order valence-electron chi connectivity index (χ3n) is 5.79. The first-order valence-corrected chi connectivity index (χ1v) is 10.4. The maximum atomic E-state index is 13.0. The maximum Gasteiger partial charge on any atom is 0.416 e. The van der Waals surface area contributed by atoms with Gasteiger partial charge in [-0.25, -0.2) is 0 Å². The van der Waals surface area contributed by atoms with Crippen LogP contribution in [0, 0.1) is 5.92 Å². The van der Waals surface area contributed by atoms with Crippen molar-refractivity contribution < 1.29 is 27.5 Å². The van der Waals surface area contributed by atoms with Gasteiger partial charge < -0.3 is 4.74 Å². The van der Waals surface area contributed by atoms with Crippen molar-refractivity contribution in [2.24, 2.45) is 5.92 Å². The van der Waals surface area contributed by atoms with E-state index in [0.717, 1.165) is 34.0 Å². The minimum Gasteiger partial charge on any atom is -0.465 e. The number of carbonyl (C=O) groups excluding carboxylic acids is 2. The molecule has 0 amide bonds. The van der Waals surface area contributed by atoms with Gasteiger partial charge in [0.25, 0.3) is 0 Å². The topological polar surface area (TPSA) is 43.4 Å². The zero-order chi connectivity index (χ0) is 22.9. The van der Waals surface area contributed by atoms with Gasteiger partial charge in [-0.2, -0.15) is 13.2 Å². The van der Waals surface area contributed by atoms with Gasteiger partial charge in [-0.1, -0.05) is 48.5 Å². The summed E-state index contributed by atoms with van der Waals surface area (Å²) in [6.45, 7) is 1.76. The molecule has 1 aliphatic carbocycles. The molecule has 0 heterocycles. The van der Waals surface area contributed by atoms with Crippen molar-refractivity contribution in [1.29, 1.82) is 0 Å². The Balaban J connectivity index is 1.74. The molecule has 3 aromatic carbocycles. The van der Waals surface area contributed by atoms with Crippen LogP contribution in [-0.4, -0.2) is 18.4 Å². The molecule has 0 aliphatic heterocycles. The molecule has 0 spiro atoms. The van der Waals surface area contributed by atoms with E-state index in [9.17, 15) is 22.8 Å². The molecule has 2 atom stereocenters. The highest BCUT2D eigenvalue weighted by Gasteiger charge is 2.40. The van der Waals surface area contributed by atoms with Gasteiger partial charge in [-0.05, 0) is 65.1 Å². The van der Waals surface area contributed by atoms with Crippen molar-refractivity contribution >= 4 is 28.1 Å². The summed E-state index contributed by atoms with van der Waals surface area (Å²) < 4.78 is 44.1. The highest BCUT2D eigenvalue weighted by molar-refractivity contribution is 6.11. The number of benzene rings is 3. The monoisotopic (exact) mass is 438 g/mol. The number of hydrogen-bond acceptors (Lipinski definition) is 3.